The Morgan fingerprint density at radius 2 is 1.69 bits per heavy atom. The minimum absolute atomic E-state index is 0.586. The fourth-order valence-electron chi connectivity index (χ4n) is 0.859. The molecule has 2 aromatic rings. The van der Waals surface area contributed by atoms with E-state index in [1.54, 1.807) is 30.9 Å². The van der Waals surface area contributed by atoms with Crippen molar-refractivity contribution < 1.29 is 0 Å². The van der Waals surface area contributed by atoms with Crippen LogP contribution in [0.3, 0.4) is 0 Å². The quantitative estimate of drug-likeness (QED) is 0.757. The highest BCUT2D eigenvalue weighted by Crippen LogP contribution is 2.10. The van der Waals surface area contributed by atoms with Gasteiger partial charge in [0.1, 0.15) is 10.3 Å². The first-order chi connectivity index (χ1) is 6.36. The molecule has 0 N–H and O–H groups in total. The molecular formula is C8H5BrN4. The summed E-state index contributed by atoms with van der Waals surface area (Å²) in [5.74, 6) is 0.586. The van der Waals surface area contributed by atoms with Crippen LogP contribution in [0.15, 0.2) is 35.5 Å². The van der Waals surface area contributed by atoms with Gasteiger partial charge in [0.05, 0.1) is 12.4 Å². The zero-order valence-electron chi connectivity index (χ0n) is 6.55. The van der Waals surface area contributed by atoms with Crippen LogP contribution in [0, 0.1) is 0 Å². The zero-order chi connectivity index (χ0) is 9.10. The minimum atomic E-state index is 0.586. The van der Waals surface area contributed by atoms with Gasteiger partial charge in [-0.3, -0.25) is 0 Å². The summed E-state index contributed by atoms with van der Waals surface area (Å²) in [5, 5.41) is 0. The van der Waals surface area contributed by atoms with Crippen LogP contribution in [0.2, 0.25) is 0 Å². The molecule has 0 aromatic carbocycles. The van der Waals surface area contributed by atoms with Crippen molar-refractivity contribution in [3.05, 3.63) is 35.5 Å². The average Bonchev–Trinajstić information content (AvgIpc) is 2.20. The molecule has 0 radical (unpaired) electrons. The van der Waals surface area contributed by atoms with E-state index in [2.05, 4.69) is 35.9 Å². The fourth-order valence-corrected chi connectivity index (χ4v) is 1.06. The second-order valence-electron chi connectivity index (χ2n) is 2.30. The van der Waals surface area contributed by atoms with E-state index in [1.807, 2.05) is 0 Å². The van der Waals surface area contributed by atoms with E-state index in [0.717, 1.165) is 0 Å². The topological polar surface area (TPSA) is 51.6 Å². The molecule has 0 spiro atoms. The standard InChI is InChI=1S/C8H5BrN4/c9-7-5-12-6(4-13-7)8-10-2-1-3-11-8/h1-5H. The van der Waals surface area contributed by atoms with Gasteiger partial charge in [-0.15, -0.1) is 0 Å². The molecular weight excluding hydrogens is 232 g/mol. The Morgan fingerprint density at radius 1 is 0.923 bits per heavy atom. The van der Waals surface area contributed by atoms with E-state index in [-0.39, 0.29) is 0 Å². The first-order valence-corrected chi connectivity index (χ1v) is 4.40. The molecule has 0 bridgehead atoms. The summed E-state index contributed by atoms with van der Waals surface area (Å²) in [6, 6.07) is 1.76. The smallest absolute Gasteiger partial charge is 0.179 e. The first-order valence-electron chi connectivity index (χ1n) is 3.61. The predicted octanol–water partition coefficient (Wildman–Crippen LogP) is 1.70. The molecule has 0 aliphatic carbocycles. The van der Waals surface area contributed by atoms with E-state index in [9.17, 15) is 0 Å². The highest BCUT2D eigenvalue weighted by atomic mass is 79.9. The third-order valence-electron chi connectivity index (χ3n) is 1.42. The van der Waals surface area contributed by atoms with E-state index < -0.39 is 0 Å². The van der Waals surface area contributed by atoms with E-state index in [1.165, 1.54) is 0 Å². The third kappa shape index (κ3) is 1.86. The van der Waals surface area contributed by atoms with Crippen LogP contribution >= 0.6 is 15.9 Å². The molecule has 2 aromatic heterocycles. The number of hydrogen-bond acceptors (Lipinski definition) is 4. The Kier molecular flexibility index (Phi) is 2.27. The molecule has 13 heavy (non-hydrogen) atoms. The van der Waals surface area contributed by atoms with Crippen LogP contribution in [0.1, 0.15) is 0 Å². The summed E-state index contributed by atoms with van der Waals surface area (Å²) in [7, 11) is 0. The van der Waals surface area contributed by atoms with Gasteiger partial charge in [0.25, 0.3) is 0 Å². The predicted molar refractivity (Wildman–Crippen MR) is 50.8 cm³/mol. The molecule has 4 nitrogen and oxygen atoms in total. The molecule has 2 rings (SSSR count). The van der Waals surface area contributed by atoms with Crippen molar-refractivity contribution in [1.29, 1.82) is 0 Å². The maximum absolute atomic E-state index is 4.11. The van der Waals surface area contributed by atoms with E-state index >= 15 is 0 Å². The van der Waals surface area contributed by atoms with Gasteiger partial charge in [0, 0.05) is 12.4 Å². The molecule has 0 aliphatic rings. The van der Waals surface area contributed by atoms with Crippen molar-refractivity contribution in [2.45, 2.75) is 0 Å². The average molecular weight is 237 g/mol. The summed E-state index contributed by atoms with van der Waals surface area (Å²) in [4.78, 5) is 16.2. The Morgan fingerprint density at radius 3 is 2.31 bits per heavy atom. The van der Waals surface area contributed by atoms with Gasteiger partial charge in [-0.05, 0) is 22.0 Å². The van der Waals surface area contributed by atoms with Crippen molar-refractivity contribution in [1.82, 2.24) is 19.9 Å². The molecule has 0 unspecified atom stereocenters. The maximum atomic E-state index is 4.11. The number of halogens is 1. The summed E-state index contributed by atoms with van der Waals surface area (Å²) < 4.78 is 0.701. The Bertz CT molecular complexity index is 387. The summed E-state index contributed by atoms with van der Waals surface area (Å²) in [6.07, 6.45) is 6.59. The van der Waals surface area contributed by atoms with Crippen molar-refractivity contribution in [2.75, 3.05) is 0 Å². The van der Waals surface area contributed by atoms with E-state index in [0.29, 0.717) is 16.1 Å². The minimum Gasteiger partial charge on any atom is -0.248 e. The molecule has 0 fully saturated rings. The van der Waals surface area contributed by atoms with Gasteiger partial charge < -0.3 is 0 Å². The van der Waals surface area contributed by atoms with Crippen LogP contribution in [0.5, 0.6) is 0 Å². The number of hydrogen-bond donors (Lipinski definition) is 0. The van der Waals surface area contributed by atoms with Crippen molar-refractivity contribution in [3.8, 4) is 11.5 Å². The van der Waals surface area contributed by atoms with Crippen LogP contribution < -0.4 is 0 Å². The summed E-state index contributed by atoms with van der Waals surface area (Å²) in [6.45, 7) is 0. The van der Waals surface area contributed by atoms with Crippen LogP contribution in [-0.4, -0.2) is 19.9 Å². The van der Waals surface area contributed by atoms with Gasteiger partial charge in [0.15, 0.2) is 5.82 Å². The molecule has 0 amide bonds. The molecule has 0 atom stereocenters. The molecule has 2 heterocycles. The normalized spacial score (nSPS) is 9.92. The Hall–Kier alpha value is -1.36. The van der Waals surface area contributed by atoms with Crippen molar-refractivity contribution in [2.24, 2.45) is 0 Å². The highest BCUT2D eigenvalue weighted by molar-refractivity contribution is 9.10. The van der Waals surface area contributed by atoms with Gasteiger partial charge >= 0.3 is 0 Å². The lowest BCUT2D eigenvalue weighted by Gasteiger charge is -1.96. The first kappa shape index (κ1) is 8.25. The molecule has 0 aliphatic heterocycles. The van der Waals surface area contributed by atoms with Gasteiger partial charge in [-0.1, -0.05) is 0 Å². The largest absolute Gasteiger partial charge is 0.248 e. The zero-order valence-corrected chi connectivity index (χ0v) is 8.14. The van der Waals surface area contributed by atoms with Crippen molar-refractivity contribution >= 4 is 15.9 Å². The van der Waals surface area contributed by atoms with Gasteiger partial charge in [-0.25, -0.2) is 19.9 Å². The summed E-state index contributed by atoms with van der Waals surface area (Å²) in [5.41, 5.74) is 0.670. The van der Waals surface area contributed by atoms with Crippen LogP contribution in [0.25, 0.3) is 11.5 Å². The second kappa shape index (κ2) is 3.57. The molecule has 0 saturated carbocycles. The maximum Gasteiger partial charge on any atom is 0.179 e. The second-order valence-corrected chi connectivity index (χ2v) is 3.11. The van der Waals surface area contributed by atoms with Crippen molar-refractivity contribution in [3.63, 3.8) is 0 Å². The van der Waals surface area contributed by atoms with E-state index in [4.69, 9.17) is 0 Å². The highest BCUT2D eigenvalue weighted by Gasteiger charge is 2.00. The van der Waals surface area contributed by atoms with Crippen LogP contribution in [0.4, 0.5) is 0 Å². The number of rotatable bonds is 1. The molecule has 0 saturated heterocycles. The lowest BCUT2D eigenvalue weighted by Crippen LogP contribution is -1.90. The Balaban J connectivity index is 2.42. The number of nitrogens with zero attached hydrogens (tertiary/aromatic N) is 4. The van der Waals surface area contributed by atoms with Crippen LogP contribution in [-0.2, 0) is 0 Å². The lowest BCUT2D eigenvalue weighted by molar-refractivity contribution is 1.10. The Labute approximate surface area is 83.2 Å². The summed E-state index contributed by atoms with van der Waals surface area (Å²) >= 11 is 3.20. The third-order valence-corrected chi connectivity index (χ3v) is 1.82. The number of aromatic nitrogens is 4. The molecule has 64 valence electrons. The molecule has 5 heteroatoms. The monoisotopic (exact) mass is 236 g/mol. The SMILES string of the molecule is Brc1cnc(-c2ncccn2)cn1. The fraction of sp³-hybridized carbons (Fsp3) is 0. The van der Waals surface area contributed by atoms with Gasteiger partial charge in [-0.2, -0.15) is 0 Å². The van der Waals surface area contributed by atoms with Gasteiger partial charge in [0.2, 0.25) is 0 Å². The lowest BCUT2D eigenvalue weighted by atomic mass is 10.4.